The summed E-state index contributed by atoms with van der Waals surface area (Å²) in [4.78, 5) is 11.5. The summed E-state index contributed by atoms with van der Waals surface area (Å²) in [5, 5.41) is 4.18. The average molecular weight is 259 g/mol. The number of nitrogens with two attached hydrogens (primary N) is 1. The van der Waals surface area contributed by atoms with Gasteiger partial charge in [-0.3, -0.25) is 4.79 Å². The van der Waals surface area contributed by atoms with Gasteiger partial charge in [-0.1, -0.05) is 0 Å². The molecule has 0 bridgehead atoms. The summed E-state index contributed by atoms with van der Waals surface area (Å²) in [5.41, 5.74) is 7.11. The Balaban J connectivity index is 2.35. The van der Waals surface area contributed by atoms with Crippen molar-refractivity contribution in [2.45, 2.75) is 20.0 Å². The highest BCUT2D eigenvalue weighted by atomic mass is 16.5. The number of rotatable bonds is 3. The number of aromatic nitrogens is 2. The van der Waals surface area contributed by atoms with Gasteiger partial charge in [0.2, 0.25) is 0 Å². The van der Waals surface area contributed by atoms with Crippen LogP contribution in [0.1, 0.15) is 13.8 Å². The average Bonchev–Trinajstić information content (AvgIpc) is 2.35. The molecule has 1 aromatic heterocycles. The minimum atomic E-state index is -0.288. The van der Waals surface area contributed by atoms with Gasteiger partial charge in [-0.2, -0.15) is 5.10 Å². The maximum atomic E-state index is 11.5. The number of anilines is 1. The van der Waals surface area contributed by atoms with Crippen molar-refractivity contribution in [1.82, 2.24) is 9.78 Å². The Labute approximate surface area is 111 Å². The van der Waals surface area contributed by atoms with E-state index in [1.807, 2.05) is 38.1 Å². The van der Waals surface area contributed by atoms with E-state index in [0.717, 1.165) is 11.3 Å². The Morgan fingerprint density at radius 3 is 2.42 bits per heavy atom. The highest BCUT2D eigenvalue weighted by molar-refractivity contribution is 5.62. The smallest absolute Gasteiger partial charge is 0.289 e. The van der Waals surface area contributed by atoms with Gasteiger partial charge in [-0.25, -0.2) is 4.68 Å². The van der Waals surface area contributed by atoms with Crippen molar-refractivity contribution >= 4 is 5.69 Å². The molecule has 2 aromatic rings. The first-order valence-electron chi connectivity index (χ1n) is 6.08. The molecule has 0 spiro atoms. The maximum Gasteiger partial charge on any atom is 0.289 e. The number of nitrogen functional groups attached to an aromatic ring is 1. The molecule has 2 N–H and O–H groups in total. The summed E-state index contributed by atoms with van der Waals surface area (Å²) in [6.07, 6.45) is 0.136. The van der Waals surface area contributed by atoms with E-state index < -0.39 is 0 Å². The number of hydrogen-bond acceptors (Lipinski definition) is 4. The van der Waals surface area contributed by atoms with Crippen molar-refractivity contribution in [1.29, 1.82) is 0 Å². The van der Waals surface area contributed by atoms with Crippen molar-refractivity contribution in [3.05, 3.63) is 40.7 Å². The fourth-order valence-corrected chi connectivity index (χ4v) is 1.75. The van der Waals surface area contributed by atoms with Gasteiger partial charge in [0.1, 0.15) is 11.4 Å². The zero-order chi connectivity index (χ0) is 14.0. The number of ether oxygens (including phenoxy) is 1. The number of hydrogen-bond donors (Lipinski definition) is 1. The van der Waals surface area contributed by atoms with Crippen LogP contribution in [0, 0.1) is 0 Å². The first kappa shape index (κ1) is 13.1. The standard InChI is InChI=1S/C14H17N3O2/c1-9(2)19-11-6-4-10(5-7-11)13-8-12(15)14(18)17(3)16-13/h4-9H,15H2,1-3H3. The van der Waals surface area contributed by atoms with Crippen molar-refractivity contribution in [2.75, 3.05) is 5.73 Å². The van der Waals surface area contributed by atoms with Crippen LogP contribution in [0.2, 0.25) is 0 Å². The van der Waals surface area contributed by atoms with Crippen LogP contribution < -0.4 is 16.0 Å². The maximum absolute atomic E-state index is 11.5. The lowest BCUT2D eigenvalue weighted by molar-refractivity contribution is 0.242. The number of nitrogens with zero attached hydrogens (tertiary/aromatic N) is 2. The lowest BCUT2D eigenvalue weighted by atomic mass is 10.1. The molecule has 0 aliphatic carbocycles. The fourth-order valence-electron chi connectivity index (χ4n) is 1.75. The molecular formula is C14H17N3O2. The van der Waals surface area contributed by atoms with Gasteiger partial charge in [0, 0.05) is 12.6 Å². The molecule has 1 heterocycles. The molecule has 0 saturated heterocycles. The molecule has 5 nitrogen and oxygen atoms in total. The van der Waals surface area contributed by atoms with Crippen LogP contribution in [0.3, 0.4) is 0 Å². The lowest BCUT2D eigenvalue weighted by Gasteiger charge is -2.10. The summed E-state index contributed by atoms with van der Waals surface area (Å²) >= 11 is 0. The molecule has 5 heteroatoms. The molecule has 0 fully saturated rings. The zero-order valence-electron chi connectivity index (χ0n) is 11.3. The third-order valence-electron chi connectivity index (χ3n) is 2.61. The van der Waals surface area contributed by atoms with E-state index in [0.29, 0.717) is 5.69 Å². The third kappa shape index (κ3) is 2.93. The van der Waals surface area contributed by atoms with Crippen molar-refractivity contribution in [3.8, 4) is 17.0 Å². The van der Waals surface area contributed by atoms with E-state index in [-0.39, 0.29) is 17.4 Å². The molecule has 0 aliphatic rings. The second-order valence-electron chi connectivity index (χ2n) is 4.60. The Bertz CT molecular complexity index is 604. The third-order valence-corrected chi connectivity index (χ3v) is 2.61. The van der Waals surface area contributed by atoms with Gasteiger partial charge in [0.15, 0.2) is 0 Å². The highest BCUT2D eigenvalue weighted by Gasteiger charge is 2.06. The molecule has 0 amide bonds. The fraction of sp³-hybridized carbons (Fsp3) is 0.286. The molecule has 0 radical (unpaired) electrons. The SMILES string of the molecule is CC(C)Oc1ccc(-c2cc(N)c(=O)n(C)n2)cc1. The molecular weight excluding hydrogens is 242 g/mol. The topological polar surface area (TPSA) is 70.1 Å². The monoisotopic (exact) mass is 259 g/mol. The first-order valence-corrected chi connectivity index (χ1v) is 6.08. The van der Waals surface area contributed by atoms with Crippen molar-refractivity contribution < 1.29 is 4.74 Å². The second kappa shape index (κ2) is 5.14. The predicted octanol–water partition coefficient (Wildman–Crippen LogP) is 1.82. The Kier molecular flexibility index (Phi) is 3.55. The van der Waals surface area contributed by atoms with Crippen LogP contribution in [0.5, 0.6) is 5.75 Å². The summed E-state index contributed by atoms with van der Waals surface area (Å²) in [6.45, 7) is 3.95. The quantitative estimate of drug-likeness (QED) is 0.912. The van der Waals surface area contributed by atoms with Crippen LogP contribution in [0.25, 0.3) is 11.3 Å². The van der Waals surface area contributed by atoms with Crippen LogP contribution in [-0.2, 0) is 7.05 Å². The van der Waals surface area contributed by atoms with Gasteiger partial charge in [0.25, 0.3) is 5.56 Å². The van der Waals surface area contributed by atoms with Crippen LogP contribution >= 0.6 is 0 Å². The summed E-state index contributed by atoms with van der Waals surface area (Å²) < 4.78 is 6.81. The molecule has 0 saturated carbocycles. The Morgan fingerprint density at radius 2 is 1.89 bits per heavy atom. The minimum Gasteiger partial charge on any atom is -0.491 e. The van der Waals surface area contributed by atoms with E-state index in [2.05, 4.69) is 5.10 Å². The van der Waals surface area contributed by atoms with E-state index in [1.165, 1.54) is 4.68 Å². The molecule has 100 valence electrons. The Hall–Kier alpha value is -2.30. The number of benzene rings is 1. The largest absolute Gasteiger partial charge is 0.491 e. The molecule has 0 unspecified atom stereocenters. The van der Waals surface area contributed by atoms with Crippen molar-refractivity contribution in [3.63, 3.8) is 0 Å². The van der Waals surface area contributed by atoms with Gasteiger partial charge in [-0.05, 0) is 44.2 Å². The molecule has 0 aliphatic heterocycles. The minimum absolute atomic E-state index is 0.136. The highest BCUT2D eigenvalue weighted by Crippen LogP contribution is 2.21. The van der Waals surface area contributed by atoms with Crippen LogP contribution in [0.15, 0.2) is 35.1 Å². The van der Waals surface area contributed by atoms with Gasteiger partial charge in [0.05, 0.1) is 11.8 Å². The predicted molar refractivity (Wildman–Crippen MR) is 75.1 cm³/mol. The molecule has 19 heavy (non-hydrogen) atoms. The van der Waals surface area contributed by atoms with Crippen LogP contribution in [0.4, 0.5) is 5.69 Å². The van der Waals surface area contributed by atoms with E-state index >= 15 is 0 Å². The first-order chi connectivity index (χ1) is 8.97. The number of aryl methyl sites for hydroxylation is 1. The van der Waals surface area contributed by atoms with Gasteiger partial charge in [-0.15, -0.1) is 0 Å². The van der Waals surface area contributed by atoms with Crippen molar-refractivity contribution in [2.24, 2.45) is 7.05 Å². The van der Waals surface area contributed by atoms with Gasteiger partial charge >= 0.3 is 0 Å². The Morgan fingerprint density at radius 1 is 1.26 bits per heavy atom. The van der Waals surface area contributed by atoms with E-state index in [9.17, 15) is 4.79 Å². The van der Waals surface area contributed by atoms with E-state index in [4.69, 9.17) is 10.5 Å². The summed E-state index contributed by atoms with van der Waals surface area (Å²) in [6, 6.07) is 9.12. The summed E-state index contributed by atoms with van der Waals surface area (Å²) in [7, 11) is 1.58. The normalized spacial score (nSPS) is 10.7. The van der Waals surface area contributed by atoms with Crippen LogP contribution in [-0.4, -0.2) is 15.9 Å². The molecule has 1 aromatic carbocycles. The van der Waals surface area contributed by atoms with Gasteiger partial charge < -0.3 is 10.5 Å². The molecule has 0 atom stereocenters. The summed E-state index contributed by atoms with van der Waals surface area (Å²) in [5.74, 6) is 0.802. The van der Waals surface area contributed by atoms with E-state index in [1.54, 1.807) is 13.1 Å². The zero-order valence-corrected chi connectivity index (χ0v) is 11.3. The lowest BCUT2D eigenvalue weighted by Crippen LogP contribution is -2.22. The second-order valence-corrected chi connectivity index (χ2v) is 4.60. The molecule has 2 rings (SSSR count).